The molecular weight excluding hydrogens is 234 g/mol. The van der Waals surface area contributed by atoms with Gasteiger partial charge in [0.05, 0.1) is 0 Å². The van der Waals surface area contributed by atoms with Gasteiger partial charge in [-0.3, -0.25) is 0 Å². The Bertz CT molecular complexity index is 207. The molecule has 1 fully saturated rings. The zero-order valence-corrected chi connectivity index (χ0v) is 13.4. The molecule has 0 radical (unpaired) electrons. The maximum Gasteiger partial charge on any atom is 0.0480 e. The van der Waals surface area contributed by atoms with Crippen LogP contribution in [-0.2, 0) is 4.74 Å². The first-order valence-corrected chi connectivity index (χ1v) is 8.64. The van der Waals surface area contributed by atoms with Gasteiger partial charge in [-0.05, 0) is 44.1 Å². The molecule has 0 heterocycles. The highest BCUT2D eigenvalue weighted by molar-refractivity contribution is 4.84. The lowest BCUT2D eigenvalue weighted by Crippen LogP contribution is -2.42. The van der Waals surface area contributed by atoms with Gasteiger partial charge in [-0.1, -0.05) is 46.5 Å². The quantitative estimate of drug-likeness (QED) is 0.594. The lowest BCUT2D eigenvalue weighted by atomic mass is 9.73. The van der Waals surface area contributed by atoms with Crippen molar-refractivity contribution in [3.05, 3.63) is 0 Å². The molecule has 0 bridgehead atoms. The van der Waals surface area contributed by atoms with Gasteiger partial charge in [0.2, 0.25) is 0 Å². The Morgan fingerprint density at radius 3 is 2.53 bits per heavy atom. The Hall–Kier alpha value is -0.0800. The molecule has 0 aliphatic heterocycles. The van der Waals surface area contributed by atoms with E-state index in [4.69, 9.17) is 4.74 Å². The first-order valence-electron chi connectivity index (χ1n) is 8.64. The van der Waals surface area contributed by atoms with Gasteiger partial charge in [0.1, 0.15) is 0 Å². The fraction of sp³-hybridized carbons (Fsp3) is 1.00. The molecule has 0 saturated heterocycles. The van der Waals surface area contributed by atoms with Crippen LogP contribution < -0.4 is 5.32 Å². The van der Waals surface area contributed by atoms with Crippen molar-refractivity contribution in [3.8, 4) is 0 Å². The minimum atomic E-state index is 0.682. The molecule has 0 spiro atoms. The molecule has 2 nitrogen and oxygen atoms in total. The highest BCUT2D eigenvalue weighted by atomic mass is 16.5. The van der Waals surface area contributed by atoms with Gasteiger partial charge < -0.3 is 10.1 Å². The van der Waals surface area contributed by atoms with Crippen LogP contribution in [0.5, 0.6) is 0 Å². The molecule has 1 rings (SSSR count). The van der Waals surface area contributed by atoms with Crippen molar-refractivity contribution in [2.24, 2.45) is 11.8 Å². The normalized spacial score (nSPS) is 25.4. The van der Waals surface area contributed by atoms with Gasteiger partial charge in [0.15, 0.2) is 0 Å². The highest BCUT2D eigenvalue weighted by Gasteiger charge is 2.30. The summed E-state index contributed by atoms with van der Waals surface area (Å²) in [5.74, 6) is 1.82. The lowest BCUT2D eigenvalue weighted by Gasteiger charge is -2.37. The van der Waals surface area contributed by atoms with E-state index in [9.17, 15) is 0 Å². The highest BCUT2D eigenvalue weighted by Crippen LogP contribution is 2.35. The van der Waals surface area contributed by atoms with E-state index < -0.39 is 0 Å². The zero-order chi connectivity index (χ0) is 13.9. The topological polar surface area (TPSA) is 21.3 Å². The third kappa shape index (κ3) is 6.27. The summed E-state index contributed by atoms with van der Waals surface area (Å²) in [4.78, 5) is 0. The van der Waals surface area contributed by atoms with Crippen molar-refractivity contribution < 1.29 is 4.74 Å². The van der Waals surface area contributed by atoms with Gasteiger partial charge in [0, 0.05) is 19.3 Å². The Labute approximate surface area is 120 Å². The van der Waals surface area contributed by atoms with Crippen LogP contribution in [-0.4, -0.2) is 25.8 Å². The van der Waals surface area contributed by atoms with Crippen LogP contribution in [0.3, 0.4) is 0 Å². The number of nitrogens with one attached hydrogen (secondary N) is 1. The Balaban J connectivity index is 2.44. The first-order chi connectivity index (χ1) is 9.33. The second-order valence-corrected chi connectivity index (χ2v) is 6.08. The molecule has 1 aliphatic carbocycles. The predicted octanol–water partition coefficient (Wildman–Crippen LogP) is 4.39. The van der Waals surface area contributed by atoms with Crippen molar-refractivity contribution in [1.29, 1.82) is 0 Å². The van der Waals surface area contributed by atoms with Crippen LogP contribution in [0.2, 0.25) is 0 Å². The minimum absolute atomic E-state index is 0.682. The van der Waals surface area contributed by atoms with Crippen molar-refractivity contribution in [2.45, 2.75) is 78.2 Å². The summed E-state index contributed by atoms with van der Waals surface area (Å²) in [6, 6.07) is 0.682. The summed E-state index contributed by atoms with van der Waals surface area (Å²) in [6.07, 6.45) is 10.7. The molecule has 2 heteroatoms. The molecule has 0 aromatic rings. The SMILES string of the molecule is CCCNC(CCOCCC)C1CCCCC1CC. The fourth-order valence-corrected chi connectivity index (χ4v) is 3.53. The smallest absolute Gasteiger partial charge is 0.0480 e. The maximum absolute atomic E-state index is 5.71. The van der Waals surface area contributed by atoms with Crippen LogP contribution in [0, 0.1) is 11.8 Å². The summed E-state index contributed by atoms with van der Waals surface area (Å²) in [5, 5.41) is 3.80. The molecule has 1 N–H and O–H groups in total. The van der Waals surface area contributed by atoms with E-state index in [1.165, 1.54) is 44.9 Å². The van der Waals surface area contributed by atoms with Crippen LogP contribution in [0.25, 0.3) is 0 Å². The van der Waals surface area contributed by atoms with E-state index in [0.29, 0.717) is 6.04 Å². The van der Waals surface area contributed by atoms with E-state index in [0.717, 1.165) is 38.0 Å². The summed E-state index contributed by atoms with van der Waals surface area (Å²) in [6.45, 7) is 9.82. The standard InChI is InChI=1S/C17H35NO/c1-4-12-18-17(11-14-19-13-5-2)16-10-8-7-9-15(16)6-3/h15-18H,4-14H2,1-3H3. The lowest BCUT2D eigenvalue weighted by molar-refractivity contribution is 0.0991. The van der Waals surface area contributed by atoms with Crippen molar-refractivity contribution in [1.82, 2.24) is 5.32 Å². The molecule has 0 aromatic heterocycles. The van der Waals surface area contributed by atoms with Crippen molar-refractivity contribution in [2.75, 3.05) is 19.8 Å². The molecule has 0 amide bonds. The van der Waals surface area contributed by atoms with E-state index >= 15 is 0 Å². The van der Waals surface area contributed by atoms with E-state index in [1.54, 1.807) is 0 Å². The average Bonchev–Trinajstić information content (AvgIpc) is 2.46. The third-order valence-electron chi connectivity index (χ3n) is 4.59. The molecular formula is C17H35NO. The summed E-state index contributed by atoms with van der Waals surface area (Å²) >= 11 is 0. The van der Waals surface area contributed by atoms with E-state index in [-0.39, 0.29) is 0 Å². The van der Waals surface area contributed by atoms with Gasteiger partial charge in [-0.25, -0.2) is 0 Å². The Morgan fingerprint density at radius 2 is 1.84 bits per heavy atom. The zero-order valence-electron chi connectivity index (χ0n) is 13.4. The van der Waals surface area contributed by atoms with E-state index in [1.807, 2.05) is 0 Å². The van der Waals surface area contributed by atoms with E-state index in [2.05, 4.69) is 26.1 Å². The maximum atomic E-state index is 5.71. The molecule has 19 heavy (non-hydrogen) atoms. The number of hydrogen-bond acceptors (Lipinski definition) is 2. The number of hydrogen-bond donors (Lipinski definition) is 1. The Kier molecular flexibility index (Phi) is 9.54. The summed E-state index contributed by atoms with van der Waals surface area (Å²) in [7, 11) is 0. The fourth-order valence-electron chi connectivity index (χ4n) is 3.53. The summed E-state index contributed by atoms with van der Waals surface area (Å²) in [5.41, 5.74) is 0. The number of ether oxygens (including phenoxy) is 1. The molecule has 1 aliphatic rings. The first kappa shape index (κ1) is 17.0. The van der Waals surface area contributed by atoms with Gasteiger partial charge in [0.25, 0.3) is 0 Å². The predicted molar refractivity (Wildman–Crippen MR) is 83.5 cm³/mol. The second kappa shape index (κ2) is 10.7. The molecule has 0 aromatic carbocycles. The van der Waals surface area contributed by atoms with Crippen molar-refractivity contribution in [3.63, 3.8) is 0 Å². The second-order valence-electron chi connectivity index (χ2n) is 6.08. The molecule has 3 atom stereocenters. The van der Waals surface area contributed by atoms with Crippen LogP contribution in [0.1, 0.15) is 72.1 Å². The molecule has 1 saturated carbocycles. The van der Waals surface area contributed by atoms with Crippen LogP contribution in [0.4, 0.5) is 0 Å². The minimum Gasteiger partial charge on any atom is -0.381 e. The average molecular weight is 269 g/mol. The van der Waals surface area contributed by atoms with Gasteiger partial charge >= 0.3 is 0 Å². The molecule has 3 unspecified atom stereocenters. The monoisotopic (exact) mass is 269 g/mol. The van der Waals surface area contributed by atoms with Crippen LogP contribution >= 0.6 is 0 Å². The largest absolute Gasteiger partial charge is 0.381 e. The Morgan fingerprint density at radius 1 is 1.05 bits per heavy atom. The van der Waals surface area contributed by atoms with Crippen molar-refractivity contribution >= 4 is 0 Å². The van der Waals surface area contributed by atoms with Crippen LogP contribution in [0.15, 0.2) is 0 Å². The third-order valence-corrected chi connectivity index (χ3v) is 4.59. The van der Waals surface area contributed by atoms with Gasteiger partial charge in [-0.15, -0.1) is 0 Å². The van der Waals surface area contributed by atoms with Gasteiger partial charge in [-0.2, -0.15) is 0 Å². The molecule has 114 valence electrons. The summed E-state index contributed by atoms with van der Waals surface area (Å²) < 4.78 is 5.71. The number of rotatable bonds is 10.